The lowest BCUT2D eigenvalue weighted by Gasteiger charge is -2.18. The van der Waals surface area contributed by atoms with E-state index in [1.165, 1.54) is 6.33 Å². The first kappa shape index (κ1) is 17.1. The van der Waals surface area contributed by atoms with Gasteiger partial charge in [-0.15, -0.1) is 0 Å². The van der Waals surface area contributed by atoms with Crippen LogP contribution in [-0.2, 0) is 11.2 Å². The van der Waals surface area contributed by atoms with E-state index >= 15 is 0 Å². The van der Waals surface area contributed by atoms with Crippen molar-refractivity contribution in [1.82, 2.24) is 14.8 Å². The van der Waals surface area contributed by atoms with Gasteiger partial charge in [-0.05, 0) is 44.2 Å². The van der Waals surface area contributed by atoms with E-state index in [-0.39, 0.29) is 18.1 Å². The number of aromatic nitrogens is 3. The summed E-state index contributed by atoms with van der Waals surface area (Å²) in [6, 6.07) is 13.1. The van der Waals surface area contributed by atoms with Crippen molar-refractivity contribution in [3.05, 3.63) is 60.7 Å². The molecule has 3 aromatic rings. The highest BCUT2D eigenvalue weighted by atomic mass is 16.5. The minimum absolute atomic E-state index is 0.0922. The maximum atomic E-state index is 12.2. The number of hydrogen-bond acceptors (Lipinski definition) is 5. The van der Waals surface area contributed by atoms with Crippen LogP contribution in [0.2, 0.25) is 0 Å². The molecule has 0 aliphatic carbocycles. The van der Waals surface area contributed by atoms with Gasteiger partial charge in [0.15, 0.2) is 18.1 Å². The highest BCUT2D eigenvalue weighted by Gasteiger charge is 2.32. The van der Waals surface area contributed by atoms with Gasteiger partial charge >= 0.3 is 0 Å². The summed E-state index contributed by atoms with van der Waals surface area (Å²) in [5.74, 6) is 1.08. The third kappa shape index (κ3) is 3.76. The number of fused-ring (bicyclic) bond motifs is 1. The van der Waals surface area contributed by atoms with Crippen LogP contribution in [0.25, 0.3) is 5.69 Å². The summed E-state index contributed by atoms with van der Waals surface area (Å²) in [7, 11) is 0. The van der Waals surface area contributed by atoms with Crippen LogP contribution in [0.3, 0.4) is 0 Å². The van der Waals surface area contributed by atoms with E-state index in [1.807, 2.05) is 44.2 Å². The third-order valence-corrected chi connectivity index (χ3v) is 4.25. The molecule has 0 saturated carbocycles. The molecular weight excluding hydrogens is 344 g/mol. The minimum Gasteiger partial charge on any atom is -0.483 e. The van der Waals surface area contributed by atoms with Crippen molar-refractivity contribution in [3.8, 4) is 17.2 Å². The molecule has 0 spiro atoms. The first-order chi connectivity index (χ1) is 13.0. The van der Waals surface area contributed by atoms with Crippen molar-refractivity contribution < 1.29 is 14.3 Å². The Morgan fingerprint density at radius 3 is 2.81 bits per heavy atom. The largest absolute Gasteiger partial charge is 0.483 e. The van der Waals surface area contributed by atoms with Crippen molar-refractivity contribution in [2.75, 3.05) is 11.9 Å². The summed E-state index contributed by atoms with van der Waals surface area (Å²) in [4.78, 5) is 16.1. The number of hydrogen-bond donors (Lipinski definition) is 1. The van der Waals surface area contributed by atoms with E-state index < -0.39 is 0 Å². The molecule has 7 heteroatoms. The predicted octanol–water partition coefficient (Wildman–Crippen LogP) is 3.00. The highest BCUT2D eigenvalue weighted by molar-refractivity contribution is 5.92. The number of benzene rings is 2. The van der Waals surface area contributed by atoms with Gasteiger partial charge < -0.3 is 14.8 Å². The van der Waals surface area contributed by atoms with Crippen molar-refractivity contribution in [2.45, 2.75) is 25.9 Å². The molecule has 1 aliphatic rings. The first-order valence-electron chi connectivity index (χ1n) is 8.69. The summed E-state index contributed by atoms with van der Waals surface area (Å²) in [6.07, 6.45) is 3.91. The number of carbonyl (C=O) groups is 1. The Kier molecular flexibility index (Phi) is 4.27. The maximum absolute atomic E-state index is 12.2. The molecule has 1 aliphatic heterocycles. The number of nitrogens with one attached hydrogen (secondary N) is 1. The Morgan fingerprint density at radius 2 is 2.07 bits per heavy atom. The van der Waals surface area contributed by atoms with Crippen LogP contribution >= 0.6 is 0 Å². The Bertz CT molecular complexity index is 950. The maximum Gasteiger partial charge on any atom is 0.262 e. The Balaban J connectivity index is 1.36. The smallest absolute Gasteiger partial charge is 0.262 e. The molecule has 27 heavy (non-hydrogen) atoms. The molecule has 2 heterocycles. The average molecular weight is 364 g/mol. The Labute approximate surface area is 156 Å². The molecule has 1 aromatic heterocycles. The van der Waals surface area contributed by atoms with Crippen molar-refractivity contribution in [1.29, 1.82) is 0 Å². The second-order valence-electron chi connectivity index (χ2n) is 7.01. The van der Waals surface area contributed by atoms with E-state index in [9.17, 15) is 4.79 Å². The van der Waals surface area contributed by atoms with E-state index in [4.69, 9.17) is 9.47 Å². The standard InChI is InChI=1S/C20H20N4O3/c1-20(2)10-14-4-3-5-17(19(14)27-20)26-11-18(25)23-15-6-8-16(9-7-15)24-13-21-12-22-24/h3-9,12-13H,10-11H2,1-2H3,(H,23,25). The molecule has 0 saturated heterocycles. The molecule has 0 fully saturated rings. The lowest BCUT2D eigenvalue weighted by atomic mass is 10.0. The summed E-state index contributed by atoms with van der Waals surface area (Å²) in [6.45, 7) is 3.98. The molecule has 0 unspecified atom stereocenters. The summed E-state index contributed by atoms with van der Waals surface area (Å²) < 4.78 is 13.3. The number of anilines is 1. The summed E-state index contributed by atoms with van der Waals surface area (Å²) in [5, 5.41) is 6.88. The SMILES string of the molecule is CC1(C)Cc2cccc(OCC(=O)Nc3ccc(-n4cncn4)cc3)c2O1. The van der Waals surface area contributed by atoms with E-state index in [1.54, 1.807) is 23.1 Å². The lowest BCUT2D eigenvalue weighted by Crippen LogP contribution is -2.25. The molecule has 1 N–H and O–H groups in total. The van der Waals surface area contributed by atoms with Crippen LogP contribution in [0.1, 0.15) is 19.4 Å². The zero-order valence-electron chi connectivity index (χ0n) is 15.2. The number of carbonyl (C=O) groups excluding carboxylic acids is 1. The third-order valence-electron chi connectivity index (χ3n) is 4.25. The fourth-order valence-corrected chi connectivity index (χ4v) is 3.08. The average Bonchev–Trinajstić information content (AvgIpc) is 3.27. The minimum atomic E-state index is -0.254. The van der Waals surface area contributed by atoms with Gasteiger partial charge in [0.25, 0.3) is 5.91 Å². The van der Waals surface area contributed by atoms with Crippen molar-refractivity contribution in [3.63, 3.8) is 0 Å². The second-order valence-corrected chi connectivity index (χ2v) is 7.01. The molecule has 7 nitrogen and oxygen atoms in total. The van der Waals surface area contributed by atoms with Gasteiger partial charge in [0.2, 0.25) is 0 Å². The number of rotatable bonds is 5. The zero-order chi connectivity index (χ0) is 18.9. The molecule has 0 atom stereocenters. The van der Waals surface area contributed by atoms with Gasteiger partial charge in [0, 0.05) is 17.7 Å². The quantitative estimate of drug-likeness (QED) is 0.753. The molecule has 0 bridgehead atoms. The van der Waals surface area contributed by atoms with E-state index in [0.29, 0.717) is 11.4 Å². The molecule has 138 valence electrons. The van der Waals surface area contributed by atoms with E-state index in [2.05, 4.69) is 15.4 Å². The topological polar surface area (TPSA) is 78.3 Å². The van der Waals surface area contributed by atoms with Crippen LogP contribution in [0.15, 0.2) is 55.1 Å². The Hall–Kier alpha value is -3.35. The summed E-state index contributed by atoms with van der Waals surface area (Å²) in [5.41, 5.74) is 2.39. The van der Waals surface area contributed by atoms with Gasteiger partial charge in [0.1, 0.15) is 18.3 Å². The van der Waals surface area contributed by atoms with Crippen LogP contribution < -0.4 is 14.8 Å². The predicted molar refractivity (Wildman–Crippen MR) is 100 cm³/mol. The second kappa shape index (κ2) is 6.75. The fraction of sp³-hybridized carbons (Fsp3) is 0.250. The van der Waals surface area contributed by atoms with Crippen molar-refractivity contribution >= 4 is 11.6 Å². The van der Waals surface area contributed by atoms with Gasteiger partial charge in [-0.25, -0.2) is 9.67 Å². The molecule has 0 radical (unpaired) electrons. The fourth-order valence-electron chi connectivity index (χ4n) is 3.08. The number of para-hydroxylation sites is 1. The van der Waals surface area contributed by atoms with Gasteiger partial charge in [-0.2, -0.15) is 5.10 Å². The first-order valence-corrected chi connectivity index (χ1v) is 8.69. The van der Waals surface area contributed by atoms with Crippen LogP contribution in [0.5, 0.6) is 11.5 Å². The lowest BCUT2D eigenvalue weighted by molar-refractivity contribution is -0.118. The number of nitrogens with zero attached hydrogens (tertiary/aromatic N) is 3. The molecule has 1 amide bonds. The molecule has 4 rings (SSSR count). The highest BCUT2D eigenvalue weighted by Crippen LogP contribution is 2.41. The number of amides is 1. The van der Waals surface area contributed by atoms with Crippen LogP contribution in [0, 0.1) is 0 Å². The Morgan fingerprint density at radius 1 is 1.26 bits per heavy atom. The zero-order valence-corrected chi connectivity index (χ0v) is 15.2. The monoisotopic (exact) mass is 364 g/mol. The van der Waals surface area contributed by atoms with Crippen molar-refractivity contribution in [2.24, 2.45) is 0 Å². The van der Waals surface area contributed by atoms with E-state index in [0.717, 1.165) is 23.4 Å². The van der Waals surface area contributed by atoms with Gasteiger partial charge in [-0.1, -0.05) is 12.1 Å². The molecule has 2 aromatic carbocycles. The summed E-state index contributed by atoms with van der Waals surface area (Å²) >= 11 is 0. The van der Waals surface area contributed by atoms with Crippen LogP contribution in [-0.4, -0.2) is 32.9 Å². The van der Waals surface area contributed by atoms with Gasteiger partial charge in [-0.3, -0.25) is 4.79 Å². The van der Waals surface area contributed by atoms with Gasteiger partial charge in [0.05, 0.1) is 5.69 Å². The normalized spacial score (nSPS) is 14.3. The van der Waals surface area contributed by atoms with Crippen LogP contribution in [0.4, 0.5) is 5.69 Å². The molecular formula is C20H20N4O3. The number of ether oxygens (including phenoxy) is 2.